The van der Waals surface area contributed by atoms with Gasteiger partial charge in [0.2, 0.25) is 5.79 Å². The van der Waals surface area contributed by atoms with Gasteiger partial charge in [-0.15, -0.1) is 0 Å². The molecule has 2 saturated heterocycles. The van der Waals surface area contributed by atoms with Crippen LogP contribution in [0.15, 0.2) is 47.6 Å². The molecule has 0 aromatic heterocycles. The van der Waals surface area contributed by atoms with Crippen molar-refractivity contribution in [2.24, 2.45) is 35.5 Å². The number of Topliss-reactive ketones (excluding diaryl/α,β-unsaturated/α-hetero) is 3. The SMILES string of the molecule is CO[C@H]1C[C@@H]2CC[C@@H](C)[C@@](O)(O2)C(=O)C(=O)N2CCCC[C@H]2C(=O)O[C@H]([C@H](C)C[C@@H]2CC[C@@H](OCCO)[C@H](OC)C2)CC(=O)/C(C)=C/C(C)[C@@H](O)[C@@H](OC)C(=O)[C@H](C)C[C@@H](C)C=CC=CC=C1C. The van der Waals surface area contributed by atoms with Gasteiger partial charge in [0.1, 0.15) is 18.2 Å². The van der Waals surface area contributed by atoms with Crippen molar-refractivity contribution in [1.82, 2.24) is 4.90 Å². The van der Waals surface area contributed by atoms with Crippen LogP contribution >= 0.6 is 0 Å². The number of ketones is 3. The fraction of sp³-hybridized carbons (Fsp3) is 0.755. The average molecular weight is 958 g/mol. The second-order valence-electron chi connectivity index (χ2n) is 20.2. The highest BCUT2D eigenvalue weighted by molar-refractivity contribution is 6.39. The maximum atomic E-state index is 14.5. The van der Waals surface area contributed by atoms with Gasteiger partial charge in [-0.05, 0) is 107 Å². The number of carbonyl (C=O) groups is 5. The van der Waals surface area contributed by atoms with Gasteiger partial charge in [-0.25, -0.2) is 4.79 Å². The van der Waals surface area contributed by atoms with Gasteiger partial charge in [0, 0.05) is 58.5 Å². The van der Waals surface area contributed by atoms with E-state index in [4.69, 9.17) is 28.4 Å². The highest BCUT2D eigenvalue weighted by Crippen LogP contribution is 2.38. The van der Waals surface area contributed by atoms with Crippen LogP contribution in [0.3, 0.4) is 0 Å². The third-order valence-electron chi connectivity index (χ3n) is 14.9. The number of carbonyl (C=O) groups excluding carboxylic acids is 5. The Kier molecular flexibility index (Phi) is 22.9. The molecule has 0 aromatic carbocycles. The zero-order valence-corrected chi connectivity index (χ0v) is 42.4. The highest BCUT2D eigenvalue weighted by atomic mass is 16.6. The van der Waals surface area contributed by atoms with E-state index in [9.17, 15) is 39.3 Å². The van der Waals surface area contributed by atoms with Crippen molar-refractivity contribution in [3.8, 4) is 0 Å². The van der Waals surface area contributed by atoms with E-state index in [1.54, 1.807) is 41.1 Å². The number of methoxy groups -OCH3 is 3. The second-order valence-corrected chi connectivity index (χ2v) is 20.2. The molecule has 0 radical (unpaired) electrons. The lowest BCUT2D eigenvalue weighted by atomic mass is 9.78. The highest BCUT2D eigenvalue weighted by Gasteiger charge is 2.53. The zero-order chi connectivity index (χ0) is 50.3. The molecule has 15 nitrogen and oxygen atoms in total. The smallest absolute Gasteiger partial charge is 0.329 e. The van der Waals surface area contributed by atoms with Crippen LogP contribution in [0.25, 0.3) is 0 Å². The van der Waals surface area contributed by atoms with E-state index < -0.39 is 77.8 Å². The molecule has 2 bridgehead atoms. The van der Waals surface area contributed by atoms with Crippen LogP contribution in [0, 0.1) is 35.5 Å². The molecule has 0 spiro atoms. The minimum absolute atomic E-state index is 0.0185. The van der Waals surface area contributed by atoms with Gasteiger partial charge < -0.3 is 48.6 Å². The molecule has 3 heterocycles. The molecule has 1 aliphatic carbocycles. The Morgan fingerprint density at radius 1 is 0.868 bits per heavy atom. The average Bonchev–Trinajstić information content (AvgIpc) is 3.32. The summed E-state index contributed by atoms with van der Waals surface area (Å²) < 4.78 is 35.6. The predicted molar refractivity (Wildman–Crippen MR) is 256 cm³/mol. The number of aliphatic hydroxyl groups excluding tert-OH is 2. The summed E-state index contributed by atoms with van der Waals surface area (Å²) in [5, 5.41) is 32.8. The van der Waals surface area contributed by atoms with Crippen LogP contribution in [0.4, 0.5) is 0 Å². The van der Waals surface area contributed by atoms with Crippen LogP contribution in [0.1, 0.15) is 126 Å². The molecular formula is C53H83NO14. The molecule has 3 fully saturated rings. The Balaban J connectivity index is 1.70. The second kappa shape index (κ2) is 27.3. The van der Waals surface area contributed by atoms with Gasteiger partial charge in [-0.2, -0.15) is 0 Å². The molecule has 15 atom stereocenters. The topological polar surface area (TPSA) is 205 Å². The lowest BCUT2D eigenvalue weighted by molar-refractivity contribution is -0.265. The number of rotatable bonds is 9. The summed E-state index contributed by atoms with van der Waals surface area (Å²) in [6.45, 7) is 12.9. The first-order chi connectivity index (χ1) is 32.3. The van der Waals surface area contributed by atoms with E-state index >= 15 is 0 Å². The first-order valence-electron chi connectivity index (χ1n) is 25.0. The van der Waals surface area contributed by atoms with Crippen molar-refractivity contribution in [3.63, 3.8) is 0 Å². The van der Waals surface area contributed by atoms with Gasteiger partial charge in [0.25, 0.3) is 11.7 Å². The number of fused-ring (bicyclic) bond motifs is 3. The fourth-order valence-corrected chi connectivity index (χ4v) is 10.5. The lowest BCUT2D eigenvalue weighted by Crippen LogP contribution is -2.61. The third-order valence-corrected chi connectivity index (χ3v) is 14.9. The molecule has 1 amide bonds. The molecule has 4 aliphatic rings. The van der Waals surface area contributed by atoms with E-state index in [1.165, 1.54) is 12.0 Å². The molecule has 68 heavy (non-hydrogen) atoms. The van der Waals surface area contributed by atoms with Crippen LogP contribution in [0.5, 0.6) is 0 Å². The summed E-state index contributed by atoms with van der Waals surface area (Å²) >= 11 is 0. The quantitative estimate of drug-likeness (QED) is 0.174. The Morgan fingerprint density at radius 2 is 1.60 bits per heavy atom. The first-order valence-corrected chi connectivity index (χ1v) is 25.0. The van der Waals surface area contributed by atoms with Crippen LogP contribution in [-0.2, 0) is 52.4 Å². The van der Waals surface area contributed by atoms with Crippen LogP contribution < -0.4 is 0 Å². The van der Waals surface area contributed by atoms with E-state index in [2.05, 4.69) is 0 Å². The molecule has 15 heteroatoms. The fourth-order valence-electron chi connectivity index (χ4n) is 10.5. The van der Waals surface area contributed by atoms with Crippen LogP contribution in [-0.4, -0.2) is 145 Å². The van der Waals surface area contributed by atoms with E-state index in [-0.39, 0.29) is 74.1 Å². The van der Waals surface area contributed by atoms with E-state index in [1.807, 2.05) is 58.1 Å². The Morgan fingerprint density at radius 3 is 2.28 bits per heavy atom. The minimum atomic E-state index is -2.43. The molecule has 0 aromatic rings. The first kappa shape index (κ1) is 57.2. The summed E-state index contributed by atoms with van der Waals surface area (Å²) in [5.74, 6) is -7.94. The molecular weight excluding hydrogens is 875 g/mol. The molecule has 1 unspecified atom stereocenters. The lowest BCUT2D eigenvalue weighted by Gasteiger charge is -2.42. The van der Waals surface area contributed by atoms with Gasteiger partial charge >= 0.3 is 5.97 Å². The van der Waals surface area contributed by atoms with Crippen LogP contribution in [0.2, 0.25) is 0 Å². The van der Waals surface area contributed by atoms with E-state index in [0.29, 0.717) is 63.4 Å². The summed E-state index contributed by atoms with van der Waals surface area (Å²) in [4.78, 5) is 72.1. The number of esters is 1. The molecule has 3 aliphatic heterocycles. The number of hydrogen-bond donors (Lipinski definition) is 3. The van der Waals surface area contributed by atoms with Crippen molar-refractivity contribution < 1.29 is 67.7 Å². The molecule has 384 valence electrons. The molecule has 1 saturated carbocycles. The van der Waals surface area contributed by atoms with Crippen molar-refractivity contribution in [1.29, 1.82) is 0 Å². The summed E-state index contributed by atoms with van der Waals surface area (Å²) in [6, 6.07) is -1.15. The summed E-state index contributed by atoms with van der Waals surface area (Å²) in [6.07, 6.45) is 12.0. The number of aliphatic hydroxyl groups is 3. The predicted octanol–water partition coefficient (Wildman–Crippen LogP) is 6.20. The van der Waals surface area contributed by atoms with Crippen molar-refractivity contribution in [3.05, 3.63) is 47.6 Å². The van der Waals surface area contributed by atoms with Crippen molar-refractivity contribution in [2.45, 2.75) is 180 Å². The summed E-state index contributed by atoms with van der Waals surface area (Å²) in [7, 11) is 4.59. The van der Waals surface area contributed by atoms with Gasteiger partial charge in [0.15, 0.2) is 11.6 Å². The standard InChI is InChI=1S/C53H83NO14/c1-32-16-12-11-13-17-33(2)44(63-8)30-40-21-19-38(7)53(62,68-40)50(59)51(60)54-23-15-14-18-41(54)52(61)67-45(35(4)28-39-20-22-43(66-25-24-55)46(29-39)64-9)31-42(56)34(3)27-37(6)48(58)49(65-10)47(57)36(5)26-32/h11-13,16-17,27,32,35-41,43-46,48-49,55,58,62H,14-15,18-26,28-31H2,1-10H3/b13-11?,16-12?,33-17?,34-27+/t32-,35+,36+,37?,38+,39-,40-,41-,43+,44-,45-,46+,48+,49-,53+/m0/s1. The molecule has 3 N–H and O–H groups in total. The Bertz CT molecular complexity index is 1810. The number of nitrogens with zero attached hydrogens (tertiary/aromatic N) is 1. The third kappa shape index (κ3) is 15.3. The number of allylic oxidation sites excluding steroid dienone is 6. The molecule has 4 rings (SSSR count). The van der Waals surface area contributed by atoms with Crippen molar-refractivity contribution in [2.75, 3.05) is 41.1 Å². The largest absolute Gasteiger partial charge is 0.460 e. The maximum Gasteiger partial charge on any atom is 0.329 e. The zero-order valence-electron chi connectivity index (χ0n) is 42.4. The monoisotopic (exact) mass is 958 g/mol. The number of amides is 1. The number of cyclic esters (lactones) is 1. The minimum Gasteiger partial charge on any atom is -0.460 e. The normalized spacial score (nSPS) is 37.5. The van der Waals surface area contributed by atoms with Gasteiger partial charge in [-0.3, -0.25) is 19.2 Å². The van der Waals surface area contributed by atoms with Crippen molar-refractivity contribution >= 4 is 29.2 Å². The van der Waals surface area contributed by atoms with E-state index in [0.717, 1.165) is 12.0 Å². The van der Waals surface area contributed by atoms with Gasteiger partial charge in [-0.1, -0.05) is 71.1 Å². The van der Waals surface area contributed by atoms with Gasteiger partial charge in [0.05, 0.1) is 43.7 Å². The summed E-state index contributed by atoms with van der Waals surface area (Å²) in [5.41, 5.74) is 1.19. The number of piperidine rings is 1. The Labute approximate surface area is 405 Å². The Hall–Kier alpha value is -3.41. The number of hydrogen-bond acceptors (Lipinski definition) is 14. The maximum absolute atomic E-state index is 14.5. The number of ether oxygens (including phenoxy) is 6.